The number of piperidine rings is 1. The molecule has 0 unspecified atom stereocenters. The van der Waals surface area contributed by atoms with Crippen LogP contribution < -0.4 is 15.4 Å². The Morgan fingerprint density at radius 3 is 2.53 bits per heavy atom. The van der Waals surface area contributed by atoms with Crippen molar-refractivity contribution in [3.8, 4) is 5.75 Å². The standard InChI is InChI=1S/C23H25N5O5S/c1-32-17-6-4-16(5-7-17)25-20(30)21-26-27-22(34-21)23(31)28-10-8-15(9-11-28)13-19(29)24-14-18-3-2-12-33-18/h2-7,12,15H,8-11,13-14H2,1H3,(H,24,29)(H,25,30). The first-order valence-electron chi connectivity index (χ1n) is 10.9. The first-order chi connectivity index (χ1) is 16.5. The number of amides is 3. The van der Waals surface area contributed by atoms with E-state index in [0.717, 1.165) is 24.2 Å². The van der Waals surface area contributed by atoms with E-state index in [1.54, 1.807) is 48.6 Å². The molecular formula is C23H25N5O5S. The van der Waals surface area contributed by atoms with Crippen molar-refractivity contribution >= 4 is 34.7 Å². The van der Waals surface area contributed by atoms with Crippen molar-refractivity contribution in [1.82, 2.24) is 20.4 Å². The van der Waals surface area contributed by atoms with Gasteiger partial charge in [-0.15, -0.1) is 10.2 Å². The van der Waals surface area contributed by atoms with Gasteiger partial charge in [0, 0.05) is 25.2 Å². The van der Waals surface area contributed by atoms with Crippen LogP contribution in [0, 0.1) is 5.92 Å². The Morgan fingerprint density at radius 1 is 1.12 bits per heavy atom. The van der Waals surface area contributed by atoms with Crippen molar-refractivity contribution in [2.75, 3.05) is 25.5 Å². The highest BCUT2D eigenvalue weighted by atomic mass is 32.1. The highest BCUT2D eigenvalue weighted by molar-refractivity contribution is 7.15. The zero-order valence-corrected chi connectivity index (χ0v) is 19.5. The van der Waals surface area contributed by atoms with E-state index in [1.165, 1.54) is 0 Å². The number of ether oxygens (including phenoxy) is 1. The first-order valence-corrected chi connectivity index (χ1v) is 11.7. The predicted octanol–water partition coefficient (Wildman–Crippen LogP) is 2.95. The molecular weight excluding hydrogens is 458 g/mol. The molecule has 2 aromatic heterocycles. The molecule has 0 aliphatic carbocycles. The van der Waals surface area contributed by atoms with Crippen LogP contribution in [-0.4, -0.2) is 53.0 Å². The maximum Gasteiger partial charge on any atom is 0.286 e. The number of hydrogen-bond acceptors (Lipinski definition) is 8. The highest BCUT2D eigenvalue weighted by Gasteiger charge is 2.28. The second-order valence-electron chi connectivity index (χ2n) is 7.89. The molecule has 178 valence electrons. The Kier molecular flexibility index (Phi) is 7.53. The number of furan rings is 1. The molecule has 10 nitrogen and oxygen atoms in total. The number of aromatic nitrogens is 2. The maximum absolute atomic E-state index is 12.8. The molecule has 0 atom stereocenters. The summed E-state index contributed by atoms with van der Waals surface area (Å²) in [5.74, 6) is 0.893. The summed E-state index contributed by atoms with van der Waals surface area (Å²) in [6.07, 6.45) is 3.44. The molecule has 3 aromatic rings. The van der Waals surface area contributed by atoms with E-state index in [0.29, 0.717) is 43.3 Å². The number of benzene rings is 1. The summed E-state index contributed by atoms with van der Waals surface area (Å²) in [5, 5.41) is 13.7. The summed E-state index contributed by atoms with van der Waals surface area (Å²) in [7, 11) is 1.57. The maximum atomic E-state index is 12.8. The molecule has 34 heavy (non-hydrogen) atoms. The molecule has 0 bridgehead atoms. The van der Waals surface area contributed by atoms with Gasteiger partial charge in [-0.25, -0.2) is 0 Å². The Hall–Kier alpha value is -3.73. The van der Waals surface area contributed by atoms with Crippen LogP contribution in [0.2, 0.25) is 0 Å². The molecule has 2 N–H and O–H groups in total. The minimum atomic E-state index is -0.430. The second-order valence-corrected chi connectivity index (χ2v) is 8.87. The van der Waals surface area contributed by atoms with E-state index in [2.05, 4.69) is 20.8 Å². The summed E-state index contributed by atoms with van der Waals surface area (Å²) in [6.45, 7) is 1.43. The molecule has 1 saturated heterocycles. The third kappa shape index (κ3) is 5.98. The van der Waals surface area contributed by atoms with E-state index in [1.807, 2.05) is 6.07 Å². The average Bonchev–Trinajstić information content (AvgIpc) is 3.56. The van der Waals surface area contributed by atoms with Crippen LogP contribution in [0.4, 0.5) is 5.69 Å². The number of carbonyl (C=O) groups excluding carboxylic acids is 3. The van der Waals surface area contributed by atoms with Crippen molar-refractivity contribution in [1.29, 1.82) is 0 Å². The molecule has 3 amide bonds. The van der Waals surface area contributed by atoms with E-state index < -0.39 is 5.91 Å². The summed E-state index contributed by atoms with van der Waals surface area (Å²) < 4.78 is 10.3. The fraction of sp³-hybridized carbons (Fsp3) is 0.348. The number of nitrogens with one attached hydrogen (secondary N) is 2. The highest BCUT2D eigenvalue weighted by Crippen LogP contribution is 2.23. The predicted molar refractivity (Wildman–Crippen MR) is 125 cm³/mol. The number of hydrogen-bond donors (Lipinski definition) is 2. The molecule has 1 aliphatic heterocycles. The van der Waals surface area contributed by atoms with Crippen molar-refractivity contribution in [2.24, 2.45) is 5.92 Å². The lowest BCUT2D eigenvalue weighted by Crippen LogP contribution is -2.39. The van der Waals surface area contributed by atoms with Gasteiger partial charge in [-0.1, -0.05) is 11.3 Å². The number of likely N-dealkylation sites (tertiary alicyclic amines) is 1. The van der Waals surface area contributed by atoms with Gasteiger partial charge in [0.25, 0.3) is 11.8 Å². The number of nitrogens with zero attached hydrogens (tertiary/aromatic N) is 3. The average molecular weight is 484 g/mol. The van der Waals surface area contributed by atoms with Crippen LogP contribution in [0.25, 0.3) is 0 Å². The minimum absolute atomic E-state index is 0.0298. The lowest BCUT2D eigenvalue weighted by molar-refractivity contribution is -0.122. The molecule has 0 saturated carbocycles. The van der Waals surface area contributed by atoms with E-state index in [-0.39, 0.29) is 27.7 Å². The molecule has 0 radical (unpaired) electrons. The van der Waals surface area contributed by atoms with E-state index >= 15 is 0 Å². The van der Waals surface area contributed by atoms with Gasteiger partial charge in [-0.05, 0) is 55.2 Å². The third-order valence-corrected chi connectivity index (χ3v) is 6.48. The fourth-order valence-electron chi connectivity index (χ4n) is 3.67. The van der Waals surface area contributed by atoms with Gasteiger partial charge < -0.3 is 24.7 Å². The number of carbonyl (C=O) groups is 3. The SMILES string of the molecule is COc1ccc(NC(=O)c2nnc(C(=O)N3CCC(CC(=O)NCc4ccco4)CC3)s2)cc1. The topological polar surface area (TPSA) is 127 Å². The Balaban J connectivity index is 1.24. The van der Waals surface area contributed by atoms with Gasteiger partial charge in [-0.3, -0.25) is 14.4 Å². The largest absolute Gasteiger partial charge is 0.497 e. The van der Waals surface area contributed by atoms with Crippen LogP contribution in [0.15, 0.2) is 47.1 Å². The molecule has 0 spiro atoms. The van der Waals surface area contributed by atoms with Crippen LogP contribution in [-0.2, 0) is 11.3 Å². The van der Waals surface area contributed by atoms with Gasteiger partial charge in [0.2, 0.25) is 15.9 Å². The Labute approximate surface area is 200 Å². The van der Waals surface area contributed by atoms with Crippen LogP contribution in [0.3, 0.4) is 0 Å². The number of rotatable bonds is 8. The second kappa shape index (κ2) is 10.9. The number of methoxy groups -OCH3 is 1. The van der Waals surface area contributed by atoms with Gasteiger partial charge in [0.15, 0.2) is 0 Å². The van der Waals surface area contributed by atoms with Gasteiger partial charge in [0.05, 0.1) is 19.9 Å². The molecule has 3 heterocycles. The van der Waals surface area contributed by atoms with Gasteiger partial charge >= 0.3 is 0 Å². The van der Waals surface area contributed by atoms with Crippen molar-refractivity contribution < 1.29 is 23.5 Å². The Bertz CT molecular complexity index is 1120. The van der Waals surface area contributed by atoms with Crippen LogP contribution in [0.1, 0.15) is 44.6 Å². The number of anilines is 1. The summed E-state index contributed by atoms with van der Waals surface area (Å²) in [5.41, 5.74) is 0.587. The summed E-state index contributed by atoms with van der Waals surface area (Å²) in [6, 6.07) is 10.5. The van der Waals surface area contributed by atoms with Crippen molar-refractivity contribution in [3.05, 3.63) is 58.4 Å². The lowest BCUT2D eigenvalue weighted by atomic mass is 9.93. The zero-order chi connectivity index (χ0) is 23.9. The zero-order valence-electron chi connectivity index (χ0n) is 18.7. The third-order valence-electron chi connectivity index (χ3n) is 5.57. The molecule has 4 rings (SSSR count). The van der Waals surface area contributed by atoms with Crippen molar-refractivity contribution in [2.45, 2.75) is 25.8 Å². The normalized spacial score (nSPS) is 14.0. The fourth-order valence-corrected chi connectivity index (χ4v) is 4.38. The lowest BCUT2D eigenvalue weighted by Gasteiger charge is -2.31. The van der Waals surface area contributed by atoms with Crippen molar-refractivity contribution in [3.63, 3.8) is 0 Å². The van der Waals surface area contributed by atoms with Crippen LogP contribution in [0.5, 0.6) is 5.75 Å². The van der Waals surface area contributed by atoms with Gasteiger partial charge in [0.1, 0.15) is 11.5 Å². The monoisotopic (exact) mass is 483 g/mol. The minimum Gasteiger partial charge on any atom is -0.497 e. The van der Waals surface area contributed by atoms with E-state index in [9.17, 15) is 14.4 Å². The summed E-state index contributed by atoms with van der Waals surface area (Å²) in [4.78, 5) is 39.2. The summed E-state index contributed by atoms with van der Waals surface area (Å²) >= 11 is 0.963. The quantitative estimate of drug-likeness (QED) is 0.504. The molecule has 1 aromatic carbocycles. The first kappa shape index (κ1) is 23.4. The van der Waals surface area contributed by atoms with E-state index in [4.69, 9.17) is 9.15 Å². The Morgan fingerprint density at radius 2 is 1.85 bits per heavy atom. The smallest absolute Gasteiger partial charge is 0.286 e. The van der Waals surface area contributed by atoms with Crippen LogP contribution >= 0.6 is 11.3 Å². The van der Waals surface area contributed by atoms with Gasteiger partial charge in [-0.2, -0.15) is 0 Å². The molecule has 1 fully saturated rings. The molecule has 1 aliphatic rings. The molecule has 11 heteroatoms.